The van der Waals surface area contributed by atoms with Crippen LogP contribution in [0.4, 0.5) is 5.69 Å². The van der Waals surface area contributed by atoms with Gasteiger partial charge in [0.25, 0.3) is 0 Å². The van der Waals surface area contributed by atoms with E-state index in [-0.39, 0.29) is 5.91 Å². The summed E-state index contributed by atoms with van der Waals surface area (Å²) >= 11 is 0. The number of amides is 1. The summed E-state index contributed by atoms with van der Waals surface area (Å²) in [6, 6.07) is 7.15. The van der Waals surface area contributed by atoms with Crippen LogP contribution in [-0.2, 0) is 9.59 Å². The largest absolute Gasteiger partial charge is 0.487 e. The summed E-state index contributed by atoms with van der Waals surface area (Å²) < 4.78 is 5.63. The van der Waals surface area contributed by atoms with Crippen molar-refractivity contribution in [2.45, 2.75) is 32.6 Å². The van der Waals surface area contributed by atoms with E-state index in [1.54, 1.807) is 18.2 Å². The van der Waals surface area contributed by atoms with Crippen molar-refractivity contribution in [3.63, 3.8) is 0 Å². The van der Waals surface area contributed by atoms with Crippen LogP contribution >= 0.6 is 0 Å². The van der Waals surface area contributed by atoms with Crippen molar-refractivity contribution in [2.75, 3.05) is 11.9 Å². The monoisotopic (exact) mass is 317 g/mol. The van der Waals surface area contributed by atoms with Crippen LogP contribution in [0.1, 0.15) is 32.6 Å². The maximum Gasteiger partial charge on any atom is 0.307 e. The summed E-state index contributed by atoms with van der Waals surface area (Å²) in [7, 11) is 0. The van der Waals surface area contributed by atoms with E-state index in [1.165, 1.54) is 0 Å². The Bertz CT molecular complexity index is 596. The van der Waals surface area contributed by atoms with E-state index in [0.717, 1.165) is 18.4 Å². The molecule has 0 bridgehead atoms. The molecule has 5 heteroatoms. The molecular formula is C18H23NO4. The lowest BCUT2D eigenvalue weighted by molar-refractivity contribution is -0.147. The van der Waals surface area contributed by atoms with Gasteiger partial charge in [-0.3, -0.25) is 9.59 Å². The van der Waals surface area contributed by atoms with Crippen LogP contribution < -0.4 is 10.1 Å². The molecule has 1 amide bonds. The maximum absolute atomic E-state index is 12.5. The Morgan fingerprint density at radius 2 is 1.91 bits per heavy atom. The van der Waals surface area contributed by atoms with Gasteiger partial charge >= 0.3 is 5.97 Å². The van der Waals surface area contributed by atoms with Crippen molar-refractivity contribution in [1.82, 2.24) is 0 Å². The van der Waals surface area contributed by atoms with E-state index in [0.29, 0.717) is 30.9 Å². The molecule has 1 saturated carbocycles. The lowest BCUT2D eigenvalue weighted by Gasteiger charge is -2.27. The second-order valence-electron chi connectivity index (χ2n) is 6.07. The van der Waals surface area contributed by atoms with Crippen LogP contribution in [0.3, 0.4) is 0 Å². The fourth-order valence-electron chi connectivity index (χ4n) is 2.86. The van der Waals surface area contributed by atoms with Crippen LogP contribution in [0.25, 0.3) is 0 Å². The highest BCUT2D eigenvalue weighted by Gasteiger charge is 2.35. The van der Waals surface area contributed by atoms with E-state index in [4.69, 9.17) is 4.74 Å². The molecule has 1 aromatic carbocycles. The first-order chi connectivity index (χ1) is 11.0. The Labute approximate surface area is 136 Å². The molecule has 1 aliphatic rings. The standard InChI is InChI=1S/C18H23NO4/c1-12(2)11-23-16-10-6-5-9-15(16)19-17(20)13-7-3-4-8-14(13)18(21)22/h5-6,9-10,13-14H,1,3-4,7-8,11H2,2H3,(H,19,20)(H,21,22)/t13-,14-/m1/s1. The molecule has 2 atom stereocenters. The summed E-state index contributed by atoms with van der Waals surface area (Å²) in [5.41, 5.74) is 1.44. The van der Waals surface area contributed by atoms with Gasteiger partial charge in [-0.1, -0.05) is 31.6 Å². The van der Waals surface area contributed by atoms with E-state index in [9.17, 15) is 14.7 Å². The van der Waals surface area contributed by atoms with Crippen molar-refractivity contribution in [3.8, 4) is 5.75 Å². The molecule has 0 aromatic heterocycles. The third-order valence-corrected chi connectivity index (χ3v) is 4.04. The molecule has 0 saturated heterocycles. The summed E-state index contributed by atoms with van der Waals surface area (Å²) in [5.74, 6) is -1.67. The zero-order chi connectivity index (χ0) is 16.8. The van der Waals surface area contributed by atoms with Gasteiger partial charge in [-0.15, -0.1) is 0 Å². The number of ether oxygens (including phenoxy) is 1. The van der Waals surface area contributed by atoms with Gasteiger partial charge in [0.15, 0.2) is 0 Å². The number of carbonyl (C=O) groups excluding carboxylic acids is 1. The minimum atomic E-state index is -0.892. The van der Waals surface area contributed by atoms with Gasteiger partial charge in [0.2, 0.25) is 5.91 Å². The van der Waals surface area contributed by atoms with Crippen LogP contribution in [0.5, 0.6) is 5.75 Å². The number of hydrogen-bond acceptors (Lipinski definition) is 3. The average Bonchev–Trinajstić information content (AvgIpc) is 2.53. The first-order valence-electron chi connectivity index (χ1n) is 7.89. The van der Waals surface area contributed by atoms with Gasteiger partial charge in [-0.25, -0.2) is 0 Å². The van der Waals surface area contributed by atoms with E-state index in [2.05, 4.69) is 11.9 Å². The quantitative estimate of drug-likeness (QED) is 0.788. The average molecular weight is 317 g/mol. The predicted molar refractivity (Wildman–Crippen MR) is 88.5 cm³/mol. The molecule has 1 fully saturated rings. The van der Waals surface area contributed by atoms with Crippen molar-refractivity contribution in [1.29, 1.82) is 0 Å². The number of hydrogen-bond donors (Lipinski definition) is 2. The minimum absolute atomic E-state index is 0.247. The molecule has 0 spiro atoms. The van der Waals surface area contributed by atoms with Crippen LogP contribution in [0, 0.1) is 11.8 Å². The lowest BCUT2D eigenvalue weighted by atomic mass is 9.78. The second kappa shape index (κ2) is 7.81. The molecule has 124 valence electrons. The summed E-state index contributed by atoms with van der Waals surface area (Å²) in [6.45, 7) is 6.02. The van der Waals surface area contributed by atoms with Crippen molar-refractivity contribution in [2.24, 2.45) is 11.8 Å². The molecule has 1 aromatic rings. The molecule has 0 aliphatic heterocycles. The van der Waals surface area contributed by atoms with Crippen LogP contribution in [0.15, 0.2) is 36.4 Å². The van der Waals surface area contributed by atoms with Gasteiger partial charge in [0, 0.05) is 0 Å². The molecule has 5 nitrogen and oxygen atoms in total. The molecule has 2 N–H and O–H groups in total. The normalized spacial score (nSPS) is 20.6. The third-order valence-electron chi connectivity index (χ3n) is 4.04. The molecule has 0 heterocycles. The number of benzene rings is 1. The zero-order valence-corrected chi connectivity index (χ0v) is 13.4. The highest BCUT2D eigenvalue weighted by Crippen LogP contribution is 2.32. The number of aliphatic carboxylic acids is 1. The van der Waals surface area contributed by atoms with Crippen molar-refractivity contribution in [3.05, 3.63) is 36.4 Å². The topological polar surface area (TPSA) is 75.6 Å². The Kier molecular flexibility index (Phi) is 5.79. The van der Waals surface area contributed by atoms with Gasteiger partial charge in [0.1, 0.15) is 12.4 Å². The molecule has 0 radical (unpaired) electrons. The number of carboxylic acids is 1. The van der Waals surface area contributed by atoms with E-state index < -0.39 is 17.8 Å². The van der Waals surface area contributed by atoms with Crippen molar-refractivity contribution < 1.29 is 19.4 Å². The van der Waals surface area contributed by atoms with Gasteiger partial charge in [0.05, 0.1) is 17.5 Å². The zero-order valence-electron chi connectivity index (χ0n) is 13.4. The Morgan fingerprint density at radius 3 is 2.57 bits per heavy atom. The molecule has 1 aliphatic carbocycles. The number of rotatable bonds is 6. The summed E-state index contributed by atoms with van der Waals surface area (Å²) in [5, 5.41) is 12.1. The van der Waals surface area contributed by atoms with Gasteiger partial charge in [-0.05, 0) is 37.5 Å². The summed E-state index contributed by atoms with van der Waals surface area (Å²) in [6.07, 6.45) is 2.91. The molecule has 0 unspecified atom stereocenters. The second-order valence-corrected chi connectivity index (χ2v) is 6.07. The number of nitrogens with one attached hydrogen (secondary N) is 1. The van der Waals surface area contributed by atoms with Crippen molar-refractivity contribution >= 4 is 17.6 Å². The number of carbonyl (C=O) groups is 2. The highest BCUT2D eigenvalue weighted by atomic mass is 16.5. The van der Waals surface area contributed by atoms with Gasteiger partial charge < -0.3 is 15.2 Å². The Balaban J connectivity index is 2.10. The highest BCUT2D eigenvalue weighted by molar-refractivity contribution is 5.96. The molecular weight excluding hydrogens is 294 g/mol. The Hall–Kier alpha value is -2.30. The SMILES string of the molecule is C=C(C)COc1ccccc1NC(=O)[C@@H]1CCCC[C@H]1C(=O)O. The first kappa shape index (κ1) is 17.1. The lowest BCUT2D eigenvalue weighted by Crippen LogP contribution is -2.36. The predicted octanol–water partition coefficient (Wildman–Crippen LogP) is 3.47. The van der Waals surface area contributed by atoms with Gasteiger partial charge in [-0.2, -0.15) is 0 Å². The Morgan fingerprint density at radius 1 is 1.26 bits per heavy atom. The van der Waals surface area contributed by atoms with E-state index >= 15 is 0 Å². The molecule has 2 rings (SSSR count). The summed E-state index contributed by atoms with van der Waals surface area (Å²) in [4.78, 5) is 23.9. The number of anilines is 1. The van der Waals surface area contributed by atoms with Crippen LogP contribution in [0.2, 0.25) is 0 Å². The maximum atomic E-state index is 12.5. The third kappa shape index (κ3) is 4.58. The molecule has 23 heavy (non-hydrogen) atoms. The van der Waals surface area contributed by atoms with E-state index in [1.807, 2.05) is 13.0 Å². The smallest absolute Gasteiger partial charge is 0.307 e. The fraction of sp³-hybridized carbons (Fsp3) is 0.444. The first-order valence-corrected chi connectivity index (χ1v) is 7.89. The number of carboxylic acid groups (broad SMARTS) is 1. The number of para-hydroxylation sites is 2. The van der Waals surface area contributed by atoms with Crippen LogP contribution in [-0.4, -0.2) is 23.6 Å². The minimum Gasteiger partial charge on any atom is -0.487 e. The fourth-order valence-corrected chi connectivity index (χ4v) is 2.86.